The van der Waals surface area contributed by atoms with Crippen LogP contribution in [-0.4, -0.2) is 50.4 Å². The zero-order chi connectivity index (χ0) is 24.5. The van der Waals surface area contributed by atoms with Crippen molar-refractivity contribution in [2.75, 3.05) is 24.5 Å². The highest BCUT2D eigenvalue weighted by Crippen LogP contribution is 2.32. The molecule has 182 valence electrons. The number of ether oxygens (including phenoxy) is 1. The van der Waals surface area contributed by atoms with Crippen LogP contribution in [0.3, 0.4) is 0 Å². The average molecular weight is 481 g/mol. The predicted molar refractivity (Wildman–Crippen MR) is 137 cm³/mol. The van der Waals surface area contributed by atoms with Crippen molar-refractivity contribution < 1.29 is 9.53 Å². The molecule has 1 saturated heterocycles. The number of anilines is 1. The van der Waals surface area contributed by atoms with Crippen LogP contribution >= 0.6 is 0 Å². The first-order valence-corrected chi connectivity index (χ1v) is 12.5. The van der Waals surface area contributed by atoms with E-state index in [1.807, 2.05) is 55.5 Å². The minimum absolute atomic E-state index is 0.152. The monoisotopic (exact) mass is 480 g/mol. The summed E-state index contributed by atoms with van der Waals surface area (Å²) in [5.41, 5.74) is 4.72. The Kier molecular flexibility index (Phi) is 5.93. The molecule has 1 amide bonds. The molecule has 0 N–H and O–H groups in total. The van der Waals surface area contributed by atoms with Gasteiger partial charge >= 0.3 is 0 Å². The summed E-state index contributed by atoms with van der Waals surface area (Å²) in [7, 11) is 0. The molecule has 4 heterocycles. The molecule has 0 unspecified atom stereocenters. The molecule has 2 aliphatic heterocycles. The molecule has 0 radical (unpaired) electrons. The van der Waals surface area contributed by atoms with Gasteiger partial charge in [-0.2, -0.15) is 4.98 Å². The van der Waals surface area contributed by atoms with Crippen molar-refractivity contribution in [3.05, 3.63) is 77.2 Å². The van der Waals surface area contributed by atoms with E-state index in [0.29, 0.717) is 36.6 Å². The molecule has 0 spiro atoms. The molecular formula is C28H28N6O2. The maximum Gasteiger partial charge on any atom is 0.274 e. The molecule has 2 aromatic heterocycles. The highest BCUT2D eigenvalue weighted by Gasteiger charge is 2.29. The number of aromatic nitrogens is 4. The lowest BCUT2D eigenvalue weighted by molar-refractivity contribution is 0.0726. The molecule has 0 atom stereocenters. The van der Waals surface area contributed by atoms with Crippen LogP contribution in [0.15, 0.2) is 54.7 Å². The number of hydrogen-bond acceptors (Lipinski definition) is 7. The Morgan fingerprint density at radius 2 is 1.75 bits per heavy atom. The third kappa shape index (κ3) is 4.46. The first kappa shape index (κ1) is 22.4. The Bertz CT molecular complexity index is 1430. The van der Waals surface area contributed by atoms with Gasteiger partial charge in [-0.15, -0.1) is 0 Å². The Morgan fingerprint density at radius 1 is 0.917 bits per heavy atom. The van der Waals surface area contributed by atoms with Crippen molar-refractivity contribution in [3.8, 4) is 11.6 Å². The number of carbonyl (C=O) groups is 1. The fourth-order valence-electron chi connectivity index (χ4n) is 4.88. The van der Waals surface area contributed by atoms with Crippen LogP contribution < -0.4 is 9.64 Å². The van der Waals surface area contributed by atoms with E-state index < -0.39 is 0 Å². The SMILES string of the molecule is Cc1cccc(Oc2nc(N3CCCCC3)nc3c2CN(C(=O)c2cnc4ccccc4n2)CC3)c1. The molecular weight excluding hydrogens is 452 g/mol. The van der Waals surface area contributed by atoms with Crippen molar-refractivity contribution in [1.82, 2.24) is 24.8 Å². The standard InChI is InChI=1S/C28H28N6O2/c1-19-8-7-9-20(16-19)36-26-21-18-34(27(35)25-17-29-23-10-3-4-11-24(23)30-25)15-12-22(21)31-28(32-26)33-13-5-2-6-14-33/h3-4,7-11,16-17H,2,5-6,12-15,18H2,1H3. The van der Waals surface area contributed by atoms with E-state index in [9.17, 15) is 4.79 Å². The third-order valence-electron chi connectivity index (χ3n) is 6.81. The molecule has 4 aromatic rings. The van der Waals surface area contributed by atoms with Gasteiger partial charge in [0.2, 0.25) is 11.8 Å². The van der Waals surface area contributed by atoms with Crippen LogP contribution in [0.2, 0.25) is 0 Å². The number of aryl methyl sites for hydroxylation is 1. The van der Waals surface area contributed by atoms with E-state index in [0.717, 1.165) is 60.0 Å². The van der Waals surface area contributed by atoms with Gasteiger partial charge in [0, 0.05) is 26.1 Å². The molecule has 1 fully saturated rings. The largest absolute Gasteiger partial charge is 0.438 e. The van der Waals surface area contributed by atoms with Crippen molar-refractivity contribution in [2.45, 2.75) is 39.2 Å². The summed E-state index contributed by atoms with van der Waals surface area (Å²) in [4.78, 5) is 36.2. The van der Waals surface area contributed by atoms with Gasteiger partial charge in [-0.1, -0.05) is 24.3 Å². The summed E-state index contributed by atoms with van der Waals surface area (Å²) >= 11 is 0. The third-order valence-corrected chi connectivity index (χ3v) is 6.81. The zero-order valence-electron chi connectivity index (χ0n) is 20.4. The Balaban J connectivity index is 1.33. The fourth-order valence-corrected chi connectivity index (χ4v) is 4.88. The van der Waals surface area contributed by atoms with Crippen LogP contribution in [0.25, 0.3) is 11.0 Å². The number of piperidine rings is 1. The quantitative estimate of drug-likeness (QED) is 0.418. The van der Waals surface area contributed by atoms with Gasteiger partial charge in [-0.05, 0) is 56.0 Å². The molecule has 8 heteroatoms. The number of carbonyl (C=O) groups excluding carboxylic acids is 1. The summed E-state index contributed by atoms with van der Waals surface area (Å²) in [6.07, 6.45) is 5.71. The van der Waals surface area contributed by atoms with Gasteiger partial charge in [0.1, 0.15) is 11.4 Å². The molecule has 2 aromatic carbocycles. The number of fused-ring (bicyclic) bond motifs is 2. The van der Waals surface area contributed by atoms with Crippen molar-refractivity contribution in [1.29, 1.82) is 0 Å². The first-order chi connectivity index (χ1) is 17.6. The molecule has 8 nitrogen and oxygen atoms in total. The lowest BCUT2D eigenvalue weighted by Crippen LogP contribution is -2.38. The predicted octanol–water partition coefficient (Wildman–Crippen LogP) is 4.71. The number of para-hydroxylation sites is 2. The van der Waals surface area contributed by atoms with E-state index >= 15 is 0 Å². The molecule has 2 aliphatic rings. The maximum atomic E-state index is 13.4. The molecule has 0 aliphatic carbocycles. The van der Waals surface area contributed by atoms with E-state index in [2.05, 4.69) is 14.9 Å². The smallest absolute Gasteiger partial charge is 0.274 e. The van der Waals surface area contributed by atoms with Gasteiger partial charge in [0.15, 0.2) is 0 Å². The van der Waals surface area contributed by atoms with E-state index in [4.69, 9.17) is 14.7 Å². The van der Waals surface area contributed by atoms with Gasteiger partial charge < -0.3 is 14.5 Å². The van der Waals surface area contributed by atoms with Crippen molar-refractivity contribution >= 4 is 22.9 Å². The van der Waals surface area contributed by atoms with Crippen LogP contribution in [0.1, 0.15) is 46.6 Å². The number of nitrogens with zero attached hydrogens (tertiary/aromatic N) is 6. The van der Waals surface area contributed by atoms with Gasteiger partial charge in [-0.3, -0.25) is 9.78 Å². The van der Waals surface area contributed by atoms with Gasteiger partial charge in [0.25, 0.3) is 5.91 Å². The van der Waals surface area contributed by atoms with Crippen LogP contribution in [0.5, 0.6) is 11.6 Å². The lowest BCUT2D eigenvalue weighted by Gasteiger charge is -2.31. The van der Waals surface area contributed by atoms with Crippen molar-refractivity contribution in [3.63, 3.8) is 0 Å². The van der Waals surface area contributed by atoms with Crippen molar-refractivity contribution in [2.24, 2.45) is 0 Å². The maximum absolute atomic E-state index is 13.4. The fraction of sp³-hybridized carbons (Fsp3) is 0.321. The number of amides is 1. The molecule has 36 heavy (non-hydrogen) atoms. The lowest BCUT2D eigenvalue weighted by atomic mass is 10.1. The van der Waals surface area contributed by atoms with E-state index in [1.165, 1.54) is 6.42 Å². The van der Waals surface area contributed by atoms with Gasteiger partial charge in [-0.25, -0.2) is 9.97 Å². The second-order valence-electron chi connectivity index (χ2n) is 9.44. The summed E-state index contributed by atoms with van der Waals surface area (Å²) in [6, 6.07) is 15.5. The average Bonchev–Trinajstić information content (AvgIpc) is 2.92. The first-order valence-electron chi connectivity index (χ1n) is 12.5. The van der Waals surface area contributed by atoms with E-state index in [1.54, 1.807) is 11.1 Å². The zero-order valence-corrected chi connectivity index (χ0v) is 20.4. The van der Waals surface area contributed by atoms with Gasteiger partial charge in [0.05, 0.1) is 35.0 Å². The molecule has 6 rings (SSSR count). The highest BCUT2D eigenvalue weighted by molar-refractivity contribution is 5.94. The number of benzene rings is 2. The molecule has 0 saturated carbocycles. The number of hydrogen-bond donors (Lipinski definition) is 0. The Labute approximate surface area is 210 Å². The second kappa shape index (κ2) is 9.53. The second-order valence-corrected chi connectivity index (χ2v) is 9.44. The van der Waals surface area contributed by atoms with E-state index in [-0.39, 0.29) is 5.91 Å². The molecule has 0 bridgehead atoms. The Hall–Kier alpha value is -4.07. The minimum Gasteiger partial charge on any atom is -0.438 e. The topological polar surface area (TPSA) is 84.3 Å². The summed E-state index contributed by atoms with van der Waals surface area (Å²) in [5, 5.41) is 0. The van der Waals surface area contributed by atoms with Crippen LogP contribution in [0, 0.1) is 6.92 Å². The Morgan fingerprint density at radius 3 is 2.58 bits per heavy atom. The summed E-state index contributed by atoms with van der Waals surface area (Å²) in [5.74, 6) is 1.81. The number of rotatable bonds is 4. The van der Waals surface area contributed by atoms with Crippen LogP contribution in [0.4, 0.5) is 5.95 Å². The summed E-state index contributed by atoms with van der Waals surface area (Å²) < 4.78 is 6.34. The normalized spacial score (nSPS) is 15.6. The minimum atomic E-state index is -0.152. The summed E-state index contributed by atoms with van der Waals surface area (Å²) in [6.45, 7) is 4.86. The highest BCUT2D eigenvalue weighted by atomic mass is 16.5. The van der Waals surface area contributed by atoms with Crippen LogP contribution in [-0.2, 0) is 13.0 Å².